The Balaban J connectivity index is 1.96. The van der Waals surface area contributed by atoms with Gasteiger partial charge < -0.3 is 0 Å². The number of nitrogens with one attached hydrogen (secondary N) is 1. The van der Waals surface area contributed by atoms with Gasteiger partial charge in [0.15, 0.2) is 5.82 Å². The minimum Gasteiger partial charge on any atom is -0.262 e. The first-order valence-electron chi connectivity index (χ1n) is 7.24. The summed E-state index contributed by atoms with van der Waals surface area (Å²) in [5, 5.41) is 0.457. The van der Waals surface area contributed by atoms with Crippen molar-refractivity contribution in [2.24, 2.45) is 0 Å². The third-order valence-corrected chi connectivity index (χ3v) is 5.35. The lowest BCUT2D eigenvalue weighted by atomic mass is 10.1. The summed E-state index contributed by atoms with van der Waals surface area (Å²) < 4.78 is 27.6. The number of hydrogen-bond acceptors (Lipinski definition) is 4. The Hall–Kier alpha value is -2.15. The fourth-order valence-corrected chi connectivity index (χ4v) is 3.50. The van der Waals surface area contributed by atoms with Crippen LogP contribution in [0.15, 0.2) is 65.8 Å². The molecular formula is C17H13Cl2N3O2S. The molecule has 1 N–H and O–H groups in total. The molecule has 0 spiro atoms. The van der Waals surface area contributed by atoms with E-state index in [9.17, 15) is 8.42 Å². The number of nitrogens with zero attached hydrogens (tertiary/aromatic N) is 2. The molecule has 0 saturated carbocycles. The Bertz CT molecular complexity index is 976. The molecule has 0 bridgehead atoms. The van der Waals surface area contributed by atoms with Crippen LogP contribution in [0.4, 0.5) is 5.82 Å². The maximum absolute atomic E-state index is 12.6. The lowest BCUT2D eigenvalue weighted by Crippen LogP contribution is -2.15. The molecule has 0 fully saturated rings. The molecule has 5 nitrogen and oxygen atoms in total. The van der Waals surface area contributed by atoms with Crippen LogP contribution in [0.5, 0.6) is 0 Å². The number of sulfonamides is 1. The number of rotatable bonds is 5. The van der Waals surface area contributed by atoms with Crippen LogP contribution in [-0.2, 0) is 15.9 Å². The molecular weight excluding hydrogens is 381 g/mol. The zero-order chi connectivity index (χ0) is 17.9. The summed E-state index contributed by atoms with van der Waals surface area (Å²) in [5.41, 5.74) is 2.12. The van der Waals surface area contributed by atoms with Crippen LogP contribution in [0.3, 0.4) is 0 Å². The molecule has 0 radical (unpaired) electrons. The summed E-state index contributed by atoms with van der Waals surface area (Å²) in [7, 11) is -3.81. The van der Waals surface area contributed by atoms with Gasteiger partial charge in [0.05, 0.1) is 4.90 Å². The van der Waals surface area contributed by atoms with Crippen LogP contribution in [0.2, 0.25) is 5.02 Å². The monoisotopic (exact) mass is 393 g/mol. The Morgan fingerprint density at radius 3 is 2.20 bits per heavy atom. The van der Waals surface area contributed by atoms with Crippen molar-refractivity contribution in [2.45, 2.75) is 10.8 Å². The van der Waals surface area contributed by atoms with E-state index in [2.05, 4.69) is 14.7 Å². The van der Waals surface area contributed by atoms with Gasteiger partial charge in [-0.05, 0) is 29.8 Å². The highest BCUT2D eigenvalue weighted by molar-refractivity contribution is 7.92. The topological polar surface area (TPSA) is 72.0 Å². The normalized spacial score (nSPS) is 11.3. The van der Waals surface area contributed by atoms with Crippen LogP contribution < -0.4 is 4.72 Å². The first-order chi connectivity index (χ1) is 12.0. The summed E-state index contributed by atoms with van der Waals surface area (Å²) in [6.07, 6.45) is 2.93. The molecule has 0 saturated heterocycles. The smallest absolute Gasteiger partial charge is 0.262 e. The van der Waals surface area contributed by atoms with E-state index in [1.54, 1.807) is 0 Å². The second-order valence-corrected chi connectivity index (χ2v) is 7.53. The van der Waals surface area contributed by atoms with E-state index >= 15 is 0 Å². The van der Waals surface area contributed by atoms with E-state index in [0.29, 0.717) is 16.6 Å². The molecule has 3 aromatic rings. The highest BCUT2D eigenvalue weighted by Crippen LogP contribution is 2.26. The number of halogens is 2. The molecule has 0 atom stereocenters. The van der Waals surface area contributed by atoms with Crippen molar-refractivity contribution in [1.82, 2.24) is 9.97 Å². The molecule has 3 rings (SSSR count). The molecule has 2 aromatic carbocycles. The van der Waals surface area contributed by atoms with Gasteiger partial charge in [-0.15, -0.1) is 11.6 Å². The van der Waals surface area contributed by atoms with Crippen molar-refractivity contribution in [3.8, 4) is 11.3 Å². The average molecular weight is 394 g/mol. The van der Waals surface area contributed by atoms with Crippen LogP contribution >= 0.6 is 23.2 Å². The van der Waals surface area contributed by atoms with E-state index in [-0.39, 0.29) is 10.7 Å². The highest BCUT2D eigenvalue weighted by atomic mass is 35.5. The van der Waals surface area contributed by atoms with E-state index < -0.39 is 10.0 Å². The lowest BCUT2D eigenvalue weighted by molar-refractivity contribution is 0.601. The van der Waals surface area contributed by atoms with Crippen LogP contribution in [0.25, 0.3) is 11.3 Å². The Kier molecular flexibility index (Phi) is 5.22. The van der Waals surface area contributed by atoms with Gasteiger partial charge in [0.1, 0.15) is 5.69 Å². The quantitative estimate of drug-likeness (QED) is 0.654. The molecule has 0 aliphatic rings. The molecule has 0 aliphatic carbocycles. The highest BCUT2D eigenvalue weighted by Gasteiger charge is 2.18. The van der Waals surface area contributed by atoms with E-state index in [1.807, 2.05) is 24.3 Å². The first-order valence-corrected chi connectivity index (χ1v) is 9.64. The van der Waals surface area contributed by atoms with Crippen molar-refractivity contribution in [3.05, 3.63) is 71.5 Å². The Morgan fingerprint density at radius 2 is 1.56 bits per heavy atom. The molecule has 8 heteroatoms. The molecule has 128 valence electrons. The fourth-order valence-electron chi connectivity index (χ4n) is 2.18. The Labute approximate surface area is 155 Å². The number of benzene rings is 2. The third-order valence-electron chi connectivity index (χ3n) is 3.43. The van der Waals surface area contributed by atoms with Crippen molar-refractivity contribution in [2.75, 3.05) is 4.72 Å². The number of aromatic nitrogens is 2. The largest absolute Gasteiger partial charge is 0.263 e. The number of anilines is 1. The second kappa shape index (κ2) is 7.39. The summed E-state index contributed by atoms with van der Waals surface area (Å²) in [5.74, 6) is 0.549. The van der Waals surface area contributed by atoms with Gasteiger partial charge in [0.25, 0.3) is 10.0 Å². The zero-order valence-electron chi connectivity index (χ0n) is 12.9. The van der Waals surface area contributed by atoms with Crippen LogP contribution in [0.1, 0.15) is 5.56 Å². The van der Waals surface area contributed by atoms with Gasteiger partial charge in [-0.25, -0.2) is 13.4 Å². The van der Waals surface area contributed by atoms with Crippen LogP contribution in [0, 0.1) is 0 Å². The lowest BCUT2D eigenvalue weighted by Gasteiger charge is -2.11. The molecule has 0 amide bonds. The summed E-state index contributed by atoms with van der Waals surface area (Å²) in [4.78, 5) is 8.46. The molecule has 0 unspecified atom stereocenters. The predicted molar refractivity (Wildman–Crippen MR) is 99.3 cm³/mol. The molecule has 1 heterocycles. The summed E-state index contributed by atoms with van der Waals surface area (Å²) in [6, 6.07) is 13.2. The van der Waals surface area contributed by atoms with Gasteiger partial charge in [-0.1, -0.05) is 35.9 Å². The standard InChI is InChI=1S/C17H13Cl2N3O2S/c18-11-12-1-3-13(4-2-12)16-17(21-10-9-20-16)22-25(23,24)15-7-5-14(19)6-8-15/h1-10H,11H2,(H,21,22). The summed E-state index contributed by atoms with van der Waals surface area (Å²) in [6.45, 7) is 0. The van der Waals surface area contributed by atoms with Crippen molar-refractivity contribution >= 4 is 39.0 Å². The second-order valence-electron chi connectivity index (χ2n) is 5.14. The third kappa shape index (κ3) is 4.10. The van der Waals surface area contributed by atoms with Crippen molar-refractivity contribution in [3.63, 3.8) is 0 Å². The van der Waals surface area contributed by atoms with E-state index in [1.165, 1.54) is 36.7 Å². The van der Waals surface area contributed by atoms with Crippen molar-refractivity contribution in [1.29, 1.82) is 0 Å². The zero-order valence-corrected chi connectivity index (χ0v) is 15.2. The average Bonchev–Trinajstić information content (AvgIpc) is 2.62. The van der Waals surface area contributed by atoms with Gasteiger partial charge in [0, 0.05) is 28.9 Å². The maximum Gasteiger partial charge on any atom is 0.263 e. The number of alkyl halides is 1. The minimum atomic E-state index is -3.81. The van der Waals surface area contributed by atoms with Gasteiger partial charge >= 0.3 is 0 Å². The van der Waals surface area contributed by atoms with Crippen molar-refractivity contribution < 1.29 is 8.42 Å². The SMILES string of the molecule is O=S(=O)(Nc1nccnc1-c1ccc(CCl)cc1)c1ccc(Cl)cc1. The fraction of sp³-hybridized carbons (Fsp3) is 0.0588. The van der Waals surface area contributed by atoms with Gasteiger partial charge in [-0.2, -0.15) is 0 Å². The van der Waals surface area contributed by atoms with E-state index in [0.717, 1.165) is 11.1 Å². The summed E-state index contributed by atoms with van der Waals surface area (Å²) >= 11 is 11.6. The predicted octanol–water partition coefficient (Wildman–Crippen LogP) is 4.34. The molecule has 0 aliphatic heterocycles. The number of hydrogen-bond donors (Lipinski definition) is 1. The maximum atomic E-state index is 12.6. The van der Waals surface area contributed by atoms with Gasteiger partial charge in [-0.3, -0.25) is 9.71 Å². The molecule has 1 aromatic heterocycles. The van der Waals surface area contributed by atoms with Gasteiger partial charge in [0.2, 0.25) is 0 Å². The van der Waals surface area contributed by atoms with E-state index in [4.69, 9.17) is 23.2 Å². The first kappa shape index (κ1) is 17.7. The van der Waals surface area contributed by atoms with Crippen LogP contribution in [-0.4, -0.2) is 18.4 Å². The molecule has 25 heavy (non-hydrogen) atoms. The Morgan fingerprint density at radius 1 is 0.920 bits per heavy atom. The minimum absolute atomic E-state index is 0.0889.